The average Bonchev–Trinajstić information content (AvgIpc) is 2.83. The number of rotatable bonds is 2. The fraction of sp³-hybridized carbons (Fsp3) is 0.600. The Hall–Kier alpha value is -1.98. The number of likely N-dealkylation sites (N-methyl/N-ethyl adjacent to an activating group) is 1. The highest BCUT2D eigenvalue weighted by Crippen LogP contribution is 2.37. The molecule has 21 heavy (non-hydrogen) atoms. The van der Waals surface area contributed by atoms with Gasteiger partial charge in [-0.15, -0.1) is 0 Å². The van der Waals surface area contributed by atoms with E-state index in [2.05, 4.69) is 30.7 Å². The third kappa shape index (κ3) is 3.04. The Labute approximate surface area is 125 Å². The lowest BCUT2D eigenvalue weighted by molar-refractivity contribution is 0.121. The van der Waals surface area contributed by atoms with Gasteiger partial charge in [-0.05, 0) is 24.0 Å². The lowest BCUT2D eigenvalue weighted by Gasteiger charge is -2.41. The van der Waals surface area contributed by atoms with Crippen LogP contribution in [0.25, 0.3) is 0 Å². The van der Waals surface area contributed by atoms with Crippen LogP contribution >= 0.6 is 0 Å². The molecule has 116 valence electrons. The lowest BCUT2D eigenvalue weighted by Crippen LogP contribution is -2.52. The zero-order valence-electron chi connectivity index (χ0n) is 13.1. The molecule has 1 aliphatic heterocycles. The van der Waals surface area contributed by atoms with Crippen LogP contribution in [0, 0.1) is 5.41 Å². The predicted octanol–water partition coefficient (Wildman–Crippen LogP) is 2.27. The second-order valence-corrected chi connectivity index (χ2v) is 6.70. The maximum absolute atomic E-state index is 11.3. The van der Waals surface area contributed by atoms with Crippen LogP contribution in [0.2, 0.25) is 0 Å². The summed E-state index contributed by atoms with van der Waals surface area (Å²) < 4.78 is 0. The SMILES string of the molecule is CN(C(=O)O)C1CCN(c2ccc(N)cn2)C1C(C)(C)C. The van der Waals surface area contributed by atoms with E-state index >= 15 is 0 Å². The van der Waals surface area contributed by atoms with Crippen LogP contribution in [0.3, 0.4) is 0 Å². The number of nitrogen functional groups attached to an aromatic ring is 1. The highest BCUT2D eigenvalue weighted by atomic mass is 16.4. The first-order valence-corrected chi connectivity index (χ1v) is 7.15. The number of hydrogen-bond acceptors (Lipinski definition) is 4. The molecule has 0 spiro atoms. The third-order valence-corrected chi connectivity index (χ3v) is 4.12. The average molecular weight is 292 g/mol. The topological polar surface area (TPSA) is 82.7 Å². The zero-order chi connectivity index (χ0) is 15.8. The van der Waals surface area contributed by atoms with Crippen LogP contribution in [-0.4, -0.2) is 46.8 Å². The molecule has 2 heterocycles. The summed E-state index contributed by atoms with van der Waals surface area (Å²) in [7, 11) is 1.64. The molecule has 6 heteroatoms. The van der Waals surface area contributed by atoms with Crippen LogP contribution in [0.15, 0.2) is 18.3 Å². The molecule has 2 atom stereocenters. The van der Waals surface area contributed by atoms with E-state index in [1.165, 1.54) is 4.90 Å². The number of aromatic nitrogens is 1. The van der Waals surface area contributed by atoms with Crippen molar-refractivity contribution in [2.75, 3.05) is 24.2 Å². The fourth-order valence-electron chi connectivity index (χ4n) is 3.19. The fourth-order valence-corrected chi connectivity index (χ4v) is 3.19. The quantitative estimate of drug-likeness (QED) is 0.873. The Morgan fingerprint density at radius 1 is 1.48 bits per heavy atom. The first-order valence-electron chi connectivity index (χ1n) is 7.15. The molecule has 1 aromatic rings. The van der Waals surface area contributed by atoms with Crippen LogP contribution < -0.4 is 10.6 Å². The second-order valence-electron chi connectivity index (χ2n) is 6.70. The van der Waals surface area contributed by atoms with Gasteiger partial charge in [0, 0.05) is 13.6 Å². The van der Waals surface area contributed by atoms with Crippen molar-refractivity contribution in [2.24, 2.45) is 5.41 Å². The highest BCUT2D eigenvalue weighted by molar-refractivity contribution is 5.65. The number of amides is 1. The number of anilines is 2. The molecule has 1 aliphatic rings. The monoisotopic (exact) mass is 292 g/mol. The third-order valence-electron chi connectivity index (χ3n) is 4.12. The minimum absolute atomic E-state index is 0.0400. The molecule has 6 nitrogen and oxygen atoms in total. The van der Waals surface area contributed by atoms with Crippen LogP contribution in [0.5, 0.6) is 0 Å². The van der Waals surface area contributed by atoms with Gasteiger partial charge in [0.2, 0.25) is 0 Å². The van der Waals surface area contributed by atoms with Gasteiger partial charge >= 0.3 is 6.09 Å². The van der Waals surface area contributed by atoms with Gasteiger partial charge in [-0.1, -0.05) is 20.8 Å². The van der Waals surface area contributed by atoms with E-state index < -0.39 is 6.09 Å². The summed E-state index contributed by atoms with van der Waals surface area (Å²) in [4.78, 5) is 19.3. The first-order chi connectivity index (χ1) is 9.71. The molecule has 1 aromatic heterocycles. The molecule has 0 aliphatic carbocycles. The molecule has 0 radical (unpaired) electrons. The maximum Gasteiger partial charge on any atom is 0.407 e. The second kappa shape index (κ2) is 5.42. The Morgan fingerprint density at radius 3 is 2.62 bits per heavy atom. The molecule has 0 bridgehead atoms. The van der Waals surface area contributed by atoms with Gasteiger partial charge in [-0.3, -0.25) is 0 Å². The van der Waals surface area contributed by atoms with Crippen molar-refractivity contribution in [1.82, 2.24) is 9.88 Å². The van der Waals surface area contributed by atoms with Gasteiger partial charge in [0.15, 0.2) is 0 Å². The van der Waals surface area contributed by atoms with E-state index in [9.17, 15) is 9.90 Å². The number of carbonyl (C=O) groups is 1. The minimum Gasteiger partial charge on any atom is -0.465 e. The highest BCUT2D eigenvalue weighted by Gasteiger charge is 2.45. The van der Waals surface area contributed by atoms with E-state index in [1.807, 2.05) is 12.1 Å². The van der Waals surface area contributed by atoms with Crippen LogP contribution in [0.4, 0.5) is 16.3 Å². The molecular weight excluding hydrogens is 268 g/mol. The number of nitrogens with zero attached hydrogens (tertiary/aromatic N) is 3. The Balaban J connectivity index is 2.34. The summed E-state index contributed by atoms with van der Waals surface area (Å²) >= 11 is 0. The molecule has 0 aromatic carbocycles. The van der Waals surface area contributed by atoms with Gasteiger partial charge in [-0.25, -0.2) is 9.78 Å². The normalized spacial score (nSPS) is 22.4. The van der Waals surface area contributed by atoms with Gasteiger partial charge < -0.3 is 20.6 Å². The van der Waals surface area contributed by atoms with Gasteiger partial charge in [0.1, 0.15) is 5.82 Å². The minimum atomic E-state index is -0.888. The molecule has 2 rings (SSSR count). The standard InChI is InChI=1S/C15H24N4O2/c1-15(2,3)13-11(18(4)14(20)21)7-8-19(13)12-6-5-10(16)9-17-12/h5-6,9,11,13H,7-8,16H2,1-4H3,(H,20,21). The van der Waals surface area contributed by atoms with Crippen LogP contribution in [0.1, 0.15) is 27.2 Å². The molecule has 2 unspecified atom stereocenters. The number of carboxylic acid groups (broad SMARTS) is 1. The molecule has 1 amide bonds. The summed E-state index contributed by atoms with van der Waals surface area (Å²) in [5, 5.41) is 9.29. The zero-order valence-corrected chi connectivity index (χ0v) is 13.1. The van der Waals surface area contributed by atoms with Crippen LogP contribution in [-0.2, 0) is 0 Å². The van der Waals surface area contributed by atoms with Crippen molar-refractivity contribution in [2.45, 2.75) is 39.3 Å². The predicted molar refractivity (Wildman–Crippen MR) is 83.4 cm³/mol. The first kappa shape index (κ1) is 15.4. The largest absolute Gasteiger partial charge is 0.465 e. The van der Waals surface area contributed by atoms with Crippen molar-refractivity contribution in [3.05, 3.63) is 18.3 Å². The Morgan fingerprint density at radius 2 is 2.14 bits per heavy atom. The van der Waals surface area contributed by atoms with Crippen molar-refractivity contribution < 1.29 is 9.90 Å². The summed E-state index contributed by atoms with van der Waals surface area (Å²) in [6.07, 6.45) is 1.56. The molecular formula is C15H24N4O2. The Kier molecular flexibility index (Phi) is 3.98. The molecule has 1 fully saturated rings. The molecule has 3 N–H and O–H groups in total. The number of pyridine rings is 1. The van der Waals surface area contributed by atoms with Gasteiger partial charge in [0.05, 0.1) is 24.0 Å². The van der Waals surface area contributed by atoms with E-state index in [0.717, 1.165) is 18.8 Å². The van der Waals surface area contributed by atoms with Gasteiger partial charge in [-0.2, -0.15) is 0 Å². The summed E-state index contributed by atoms with van der Waals surface area (Å²) in [6.45, 7) is 7.20. The number of hydrogen-bond donors (Lipinski definition) is 2. The Bertz CT molecular complexity index is 509. The molecule has 1 saturated heterocycles. The van der Waals surface area contributed by atoms with E-state index in [0.29, 0.717) is 5.69 Å². The smallest absolute Gasteiger partial charge is 0.407 e. The summed E-state index contributed by atoms with van der Waals surface area (Å²) in [5.41, 5.74) is 6.26. The van der Waals surface area contributed by atoms with Crippen molar-refractivity contribution >= 4 is 17.6 Å². The summed E-state index contributed by atoms with van der Waals surface area (Å²) in [5.74, 6) is 0.852. The van der Waals surface area contributed by atoms with Crippen molar-refractivity contribution in [3.63, 3.8) is 0 Å². The number of nitrogens with two attached hydrogens (primary N) is 1. The van der Waals surface area contributed by atoms with Crippen molar-refractivity contribution in [1.29, 1.82) is 0 Å². The lowest BCUT2D eigenvalue weighted by atomic mass is 9.82. The van der Waals surface area contributed by atoms with Crippen molar-refractivity contribution in [3.8, 4) is 0 Å². The van der Waals surface area contributed by atoms with E-state index in [-0.39, 0.29) is 17.5 Å². The van der Waals surface area contributed by atoms with E-state index in [1.54, 1.807) is 13.2 Å². The van der Waals surface area contributed by atoms with E-state index in [4.69, 9.17) is 5.73 Å². The van der Waals surface area contributed by atoms with Gasteiger partial charge in [0.25, 0.3) is 0 Å². The molecule has 0 saturated carbocycles. The maximum atomic E-state index is 11.3. The summed E-state index contributed by atoms with van der Waals surface area (Å²) in [6, 6.07) is 3.77.